The number of aromatic nitrogens is 5. The van der Waals surface area contributed by atoms with Crippen LogP contribution in [0.15, 0.2) is 42.9 Å². The zero-order chi connectivity index (χ0) is 24.5. The number of carbonyl (C=O) groups excluding carboxylic acids is 1. The van der Waals surface area contributed by atoms with Crippen molar-refractivity contribution in [2.24, 2.45) is 7.05 Å². The highest BCUT2D eigenvalue weighted by atomic mass is 19.1. The Morgan fingerprint density at radius 1 is 1.11 bits per heavy atom. The minimum absolute atomic E-state index is 0.0457. The number of ether oxygens (including phenoxy) is 1. The Morgan fingerprint density at radius 3 is 2.60 bits per heavy atom. The monoisotopic (exact) mass is 479 g/mol. The van der Waals surface area contributed by atoms with Gasteiger partial charge >= 0.3 is 0 Å². The highest BCUT2D eigenvalue weighted by Gasteiger charge is 2.26. The number of hydrogen-bond donors (Lipinski definition) is 1. The first kappa shape index (κ1) is 22.6. The van der Waals surface area contributed by atoms with Gasteiger partial charge < -0.3 is 15.0 Å². The molecule has 35 heavy (non-hydrogen) atoms. The third kappa shape index (κ3) is 4.88. The topological polar surface area (TPSA) is 98.1 Å². The van der Waals surface area contributed by atoms with E-state index in [4.69, 9.17) is 14.7 Å². The molecule has 4 heterocycles. The Balaban J connectivity index is 1.43. The second-order valence-electron chi connectivity index (χ2n) is 8.42. The van der Waals surface area contributed by atoms with Gasteiger partial charge in [0.25, 0.3) is 0 Å². The van der Waals surface area contributed by atoms with Crippen LogP contribution >= 0.6 is 0 Å². The molecule has 0 unspecified atom stereocenters. The van der Waals surface area contributed by atoms with Crippen molar-refractivity contribution in [1.29, 1.82) is 0 Å². The summed E-state index contributed by atoms with van der Waals surface area (Å²) in [7, 11) is 1.83. The van der Waals surface area contributed by atoms with Crippen molar-refractivity contribution in [3.05, 3.63) is 54.5 Å². The smallest absolute Gasteiger partial charge is 0.222 e. The Hall–Kier alpha value is -4.15. The minimum Gasteiger partial charge on any atom is -0.487 e. The average molecular weight is 479 g/mol. The number of halogens is 2. The molecule has 1 amide bonds. The fraction of sp³-hybridized carbons (Fsp3) is 0.292. The van der Waals surface area contributed by atoms with Crippen LogP contribution in [-0.2, 0) is 11.8 Å². The Kier molecular flexibility index (Phi) is 5.98. The number of rotatable bonds is 5. The standard InChI is InChI=1S/C24H23F2N7O2/c1-14(34)29-22-10-19-20(12-27-22)30-23(15-11-28-32(2)13-15)24(31-19)33-7-5-17(6-8-33)35-21-4-3-16(25)9-18(21)26/h3-4,9-13,17H,5-8H2,1-2H3,(H,27,29,34). The summed E-state index contributed by atoms with van der Waals surface area (Å²) < 4.78 is 34.7. The van der Waals surface area contributed by atoms with Gasteiger partial charge in [-0.25, -0.2) is 23.7 Å². The van der Waals surface area contributed by atoms with E-state index < -0.39 is 11.6 Å². The molecule has 5 rings (SSSR count). The summed E-state index contributed by atoms with van der Waals surface area (Å²) in [6.45, 7) is 2.62. The number of benzene rings is 1. The zero-order valence-electron chi connectivity index (χ0n) is 19.2. The number of hydrogen-bond acceptors (Lipinski definition) is 7. The fourth-order valence-electron chi connectivity index (χ4n) is 4.09. The van der Waals surface area contributed by atoms with Gasteiger partial charge in [-0.15, -0.1) is 0 Å². The van der Waals surface area contributed by atoms with Crippen LogP contribution in [-0.4, -0.2) is 49.8 Å². The summed E-state index contributed by atoms with van der Waals surface area (Å²) >= 11 is 0. The van der Waals surface area contributed by atoms with Crippen LogP contribution in [0.2, 0.25) is 0 Å². The molecule has 0 spiro atoms. The molecule has 0 radical (unpaired) electrons. The van der Waals surface area contributed by atoms with Gasteiger partial charge in [0.1, 0.15) is 28.9 Å². The lowest BCUT2D eigenvalue weighted by molar-refractivity contribution is -0.114. The summed E-state index contributed by atoms with van der Waals surface area (Å²) in [5, 5.41) is 6.93. The minimum atomic E-state index is -0.713. The maximum absolute atomic E-state index is 14.0. The fourth-order valence-corrected chi connectivity index (χ4v) is 4.09. The number of carbonyl (C=O) groups is 1. The second kappa shape index (κ2) is 9.24. The lowest BCUT2D eigenvalue weighted by Gasteiger charge is -2.33. The SMILES string of the molecule is CC(=O)Nc1cc2nc(N3CCC(Oc4ccc(F)cc4F)CC3)c(-c3cnn(C)c3)nc2cn1. The molecule has 0 bridgehead atoms. The van der Waals surface area contributed by atoms with Gasteiger partial charge in [0.05, 0.1) is 17.9 Å². The largest absolute Gasteiger partial charge is 0.487 e. The van der Waals surface area contributed by atoms with Gasteiger partial charge in [0.2, 0.25) is 5.91 Å². The average Bonchev–Trinajstić information content (AvgIpc) is 3.26. The molecule has 0 atom stereocenters. The van der Waals surface area contributed by atoms with E-state index in [-0.39, 0.29) is 17.8 Å². The van der Waals surface area contributed by atoms with Crippen LogP contribution in [0.5, 0.6) is 5.75 Å². The molecule has 1 aromatic carbocycles. The zero-order valence-corrected chi connectivity index (χ0v) is 19.2. The Labute approximate surface area is 199 Å². The summed E-state index contributed by atoms with van der Waals surface area (Å²) in [5.41, 5.74) is 2.67. The number of anilines is 2. The number of nitrogens with zero attached hydrogens (tertiary/aromatic N) is 6. The predicted molar refractivity (Wildman–Crippen MR) is 126 cm³/mol. The number of piperidine rings is 1. The highest BCUT2D eigenvalue weighted by molar-refractivity contribution is 5.90. The molecule has 4 aromatic rings. The molecule has 9 nitrogen and oxygen atoms in total. The van der Waals surface area contributed by atoms with Crippen molar-refractivity contribution in [2.75, 3.05) is 23.3 Å². The van der Waals surface area contributed by atoms with Crippen molar-refractivity contribution in [1.82, 2.24) is 24.7 Å². The van der Waals surface area contributed by atoms with Gasteiger partial charge in [-0.1, -0.05) is 0 Å². The van der Waals surface area contributed by atoms with Crippen LogP contribution in [0, 0.1) is 11.6 Å². The molecule has 1 fully saturated rings. The van der Waals surface area contributed by atoms with E-state index >= 15 is 0 Å². The van der Waals surface area contributed by atoms with E-state index in [1.807, 2.05) is 13.2 Å². The van der Waals surface area contributed by atoms with E-state index in [0.717, 1.165) is 11.6 Å². The van der Waals surface area contributed by atoms with E-state index in [2.05, 4.69) is 20.3 Å². The van der Waals surface area contributed by atoms with Crippen molar-refractivity contribution in [3.8, 4) is 17.0 Å². The molecular formula is C24H23F2N7O2. The predicted octanol–water partition coefficient (Wildman–Crippen LogP) is 3.71. The van der Waals surface area contributed by atoms with E-state index in [1.165, 1.54) is 19.1 Å². The molecule has 0 saturated carbocycles. The molecular weight excluding hydrogens is 456 g/mol. The summed E-state index contributed by atoms with van der Waals surface area (Å²) in [5.74, 6) is -0.458. The van der Waals surface area contributed by atoms with Crippen LogP contribution in [0.3, 0.4) is 0 Å². The van der Waals surface area contributed by atoms with Gasteiger partial charge in [0.15, 0.2) is 17.4 Å². The van der Waals surface area contributed by atoms with Crippen LogP contribution < -0.4 is 15.0 Å². The van der Waals surface area contributed by atoms with Crippen LogP contribution in [0.1, 0.15) is 19.8 Å². The number of nitrogens with one attached hydrogen (secondary N) is 1. The van der Waals surface area contributed by atoms with E-state index in [1.54, 1.807) is 23.1 Å². The third-order valence-corrected chi connectivity index (χ3v) is 5.74. The normalized spacial score (nSPS) is 14.3. The van der Waals surface area contributed by atoms with Crippen LogP contribution in [0.4, 0.5) is 20.4 Å². The first-order valence-electron chi connectivity index (χ1n) is 11.2. The second-order valence-corrected chi connectivity index (χ2v) is 8.42. The molecule has 1 N–H and O–H groups in total. The molecule has 0 aliphatic carbocycles. The maximum Gasteiger partial charge on any atom is 0.222 e. The van der Waals surface area contributed by atoms with Gasteiger partial charge in [-0.05, 0) is 12.1 Å². The van der Waals surface area contributed by atoms with Gasteiger partial charge in [-0.2, -0.15) is 5.10 Å². The summed E-state index contributed by atoms with van der Waals surface area (Å²) in [4.78, 5) is 27.5. The molecule has 1 saturated heterocycles. The lowest BCUT2D eigenvalue weighted by atomic mass is 10.1. The summed E-state index contributed by atoms with van der Waals surface area (Å²) in [6.07, 6.45) is 6.20. The first-order valence-corrected chi connectivity index (χ1v) is 11.2. The number of pyridine rings is 1. The van der Waals surface area contributed by atoms with Gasteiger partial charge in [0, 0.05) is 63.8 Å². The lowest BCUT2D eigenvalue weighted by Crippen LogP contribution is -2.39. The first-order chi connectivity index (χ1) is 16.9. The summed E-state index contributed by atoms with van der Waals surface area (Å²) in [6, 6.07) is 5.00. The van der Waals surface area contributed by atoms with Gasteiger partial charge in [-0.3, -0.25) is 9.48 Å². The maximum atomic E-state index is 14.0. The van der Waals surface area contributed by atoms with Crippen molar-refractivity contribution in [2.45, 2.75) is 25.9 Å². The molecule has 11 heteroatoms. The van der Waals surface area contributed by atoms with E-state index in [0.29, 0.717) is 54.3 Å². The van der Waals surface area contributed by atoms with E-state index in [9.17, 15) is 13.6 Å². The van der Waals surface area contributed by atoms with Crippen LogP contribution in [0.25, 0.3) is 22.3 Å². The Bertz CT molecular complexity index is 1400. The number of amides is 1. The van der Waals surface area contributed by atoms with Crippen molar-refractivity contribution < 1.29 is 18.3 Å². The molecule has 180 valence electrons. The van der Waals surface area contributed by atoms with Crippen molar-refractivity contribution >= 4 is 28.6 Å². The third-order valence-electron chi connectivity index (χ3n) is 5.74. The van der Waals surface area contributed by atoms with Crippen molar-refractivity contribution in [3.63, 3.8) is 0 Å². The molecule has 1 aliphatic heterocycles. The molecule has 3 aromatic heterocycles. The Morgan fingerprint density at radius 2 is 1.91 bits per heavy atom. The quantitative estimate of drug-likeness (QED) is 0.466. The number of aryl methyl sites for hydroxylation is 1. The number of fused-ring (bicyclic) bond motifs is 1. The molecule has 1 aliphatic rings. The highest BCUT2D eigenvalue weighted by Crippen LogP contribution is 2.32.